The van der Waals surface area contributed by atoms with Gasteiger partial charge >= 0.3 is 0 Å². The molecule has 0 radical (unpaired) electrons. The highest BCUT2D eigenvalue weighted by atomic mass is 79.9. The molecule has 0 amide bonds. The summed E-state index contributed by atoms with van der Waals surface area (Å²) >= 11 is 8.73. The molecule has 0 aliphatic rings. The molecule has 3 rings (SSSR count). The van der Waals surface area contributed by atoms with Gasteiger partial charge in [-0.3, -0.25) is 0 Å². The minimum absolute atomic E-state index is 0.134. The van der Waals surface area contributed by atoms with Crippen molar-refractivity contribution in [3.63, 3.8) is 0 Å². The zero-order valence-electron chi connectivity index (χ0n) is 15.1. The molecule has 2 nitrogen and oxygen atoms in total. The summed E-state index contributed by atoms with van der Waals surface area (Å²) in [6, 6.07) is 21.1. The van der Waals surface area contributed by atoms with Crippen molar-refractivity contribution >= 4 is 38.9 Å². The molecular formula is C22H20BrFN2S. The van der Waals surface area contributed by atoms with Crippen molar-refractivity contribution in [3.8, 4) is 0 Å². The molecular weight excluding hydrogens is 423 g/mol. The van der Waals surface area contributed by atoms with Gasteiger partial charge in [0.25, 0.3) is 0 Å². The molecule has 2 N–H and O–H groups in total. The van der Waals surface area contributed by atoms with Crippen molar-refractivity contribution in [2.45, 2.75) is 19.9 Å². The van der Waals surface area contributed by atoms with Gasteiger partial charge in [0.15, 0.2) is 5.11 Å². The van der Waals surface area contributed by atoms with E-state index in [2.05, 4.69) is 70.7 Å². The summed E-state index contributed by atoms with van der Waals surface area (Å²) in [7, 11) is 0. The van der Waals surface area contributed by atoms with E-state index in [1.54, 1.807) is 12.1 Å². The van der Waals surface area contributed by atoms with E-state index in [4.69, 9.17) is 12.2 Å². The molecule has 0 aromatic heterocycles. The maximum Gasteiger partial charge on any atom is 0.171 e. The Hall–Kier alpha value is -2.24. The van der Waals surface area contributed by atoms with Crippen LogP contribution in [0.2, 0.25) is 0 Å². The molecule has 0 heterocycles. The fourth-order valence-electron chi connectivity index (χ4n) is 3.02. The van der Waals surface area contributed by atoms with Gasteiger partial charge < -0.3 is 10.6 Å². The maximum absolute atomic E-state index is 14.1. The summed E-state index contributed by atoms with van der Waals surface area (Å²) in [6.45, 7) is 4.16. The summed E-state index contributed by atoms with van der Waals surface area (Å²) in [5, 5.41) is 6.67. The third-order valence-corrected chi connectivity index (χ3v) is 5.04. The van der Waals surface area contributed by atoms with Crippen LogP contribution in [-0.2, 0) is 0 Å². The van der Waals surface area contributed by atoms with E-state index in [0.717, 1.165) is 11.1 Å². The number of rotatable bonds is 4. The third kappa shape index (κ3) is 4.93. The lowest BCUT2D eigenvalue weighted by molar-refractivity contribution is 0.631. The van der Waals surface area contributed by atoms with Gasteiger partial charge in [-0.05, 0) is 61.0 Å². The molecule has 3 aromatic carbocycles. The molecule has 0 aliphatic heterocycles. The zero-order valence-corrected chi connectivity index (χ0v) is 17.5. The molecule has 3 aromatic rings. The van der Waals surface area contributed by atoms with Crippen LogP contribution in [0.15, 0.2) is 71.2 Å². The van der Waals surface area contributed by atoms with Crippen LogP contribution in [0.5, 0.6) is 0 Å². The Balaban J connectivity index is 1.88. The summed E-state index contributed by atoms with van der Waals surface area (Å²) in [5.74, 6) is -0.365. The minimum atomic E-state index is -0.365. The van der Waals surface area contributed by atoms with Gasteiger partial charge in [-0.25, -0.2) is 4.39 Å². The molecule has 1 atom stereocenters. The highest BCUT2D eigenvalue weighted by Crippen LogP contribution is 2.26. The number of hydrogen-bond acceptors (Lipinski definition) is 1. The van der Waals surface area contributed by atoms with Gasteiger partial charge in [-0.1, -0.05) is 70.0 Å². The Bertz CT molecular complexity index is 960. The number of nitrogens with one attached hydrogen (secondary N) is 2. The van der Waals surface area contributed by atoms with E-state index in [0.29, 0.717) is 15.3 Å². The van der Waals surface area contributed by atoms with Crippen LogP contribution in [0.3, 0.4) is 0 Å². The Morgan fingerprint density at radius 2 is 1.74 bits per heavy atom. The summed E-state index contributed by atoms with van der Waals surface area (Å²) in [5.41, 5.74) is 4.94. The predicted octanol–water partition coefficient (Wildman–Crippen LogP) is 6.28. The number of aryl methyl sites for hydroxylation is 2. The van der Waals surface area contributed by atoms with E-state index < -0.39 is 0 Å². The van der Waals surface area contributed by atoms with E-state index >= 15 is 0 Å². The molecule has 0 spiro atoms. The third-order valence-electron chi connectivity index (χ3n) is 4.32. The molecule has 0 fully saturated rings. The zero-order chi connectivity index (χ0) is 19.4. The van der Waals surface area contributed by atoms with Crippen molar-refractivity contribution in [2.24, 2.45) is 0 Å². The topological polar surface area (TPSA) is 24.1 Å². The van der Waals surface area contributed by atoms with Gasteiger partial charge in [-0.15, -0.1) is 0 Å². The minimum Gasteiger partial charge on any atom is -0.352 e. The first-order chi connectivity index (χ1) is 12.9. The first kappa shape index (κ1) is 19.5. The molecule has 1 unspecified atom stereocenters. The van der Waals surface area contributed by atoms with Crippen LogP contribution >= 0.6 is 28.1 Å². The summed E-state index contributed by atoms with van der Waals surface area (Å²) in [4.78, 5) is 0. The second-order valence-electron chi connectivity index (χ2n) is 6.43. The molecule has 138 valence electrons. The van der Waals surface area contributed by atoms with Crippen molar-refractivity contribution in [1.29, 1.82) is 0 Å². The second kappa shape index (κ2) is 8.63. The smallest absolute Gasteiger partial charge is 0.171 e. The molecule has 0 saturated heterocycles. The van der Waals surface area contributed by atoms with Crippen LogP contribution in [0, 0.1) is 19.7 Å². The highest BCUT2D eigenvalue weighted by Gasteiger charge is 2.18. The average Bonchev–Trinajstić information content (AvgIpc) is 2.63. The maximum atomic E-state index is 14.1. The first-order valence-corrected chi connectivity index (χ1v) is 9.79. The lowest BCUT2D eigenvalue weighted by Gasteiger charge is -2.24. The van der Waals surface area contributed by atoms with E-state index in [1.807, 2.05) is 18.2 Å². The number of halogens is 2. The van der Waals surface area contributed by atoms with Gasteiger partial charge in [0.2, 0.25) is 0 Å². The van der Waals surface area contributed by atoms with Crippen molar-refractivity contribution in [2.75, 3.05) is 5.32 Å². The number of hydrogen-bond donors (Lipinski definition) is 2. The second-order valence-corrected chi connectivity index (χ2v) is 7.75. The molecule has 0 aliphatic carbocycles. The Morgan fingerprint density at radius 3 is 2.41 bits per heavy atom. The van der Waals surface area contributed by atoms with Crippen LogP contribution in [0.1, 0.15) is 28.3 Å². The molecule has 5 heteroatoms. The standard InChI is InChI=1S/C22H20BrFN2S/c1-14-8-10-18(15(2)12-14)21(16-6-4-3-5-7-16)26-22(27)25-20-11-9-17(23)13-19(20)24/h3-13,21H,1-2H3,(H2,25,26,27). The van der Waals surface area contributed by atoms with Crippen molar-refractivity contribution in [3.05, 3.63) is 99.3 Å². The number of benzene rings is 3. The lowest BCUT2D eigenvalue weighted by Crippen LogP contribution is -2.33. The van der Waals surface area contributed by atoms with Crippen molar-refractivity contribution in [1.82, 2.24) is 5.32 Å². The fraction of sp³-hybridized carbons (Fsp3) is 0.136. The van der Waals surface area contributed by atoms with Crippen molar-refractivity contribution < 1.29 is 4.39 Å². The quantitative estimate of drug-likeness (QED) is 0.464. The number of anilines is 1. The van der Waals surface area contributed by atoms with E-state index in [9.17, 15) is 4.39 Å². The van der Waals surface area contributed by atoms with Crippen LogP contribution in [-0.4, -0.2) is 5.11 Å². The molecule has 27 heavy (non-hydrogen) atoms. The predicted molar refractivity (Wildman–Crippen MR) is 118 cm³/mol. The Morgan fingerprint density at radius 1 is 1.00 bits per heavy atom. The number of thiocarbonyl (C=S) groups is 1. The fourth-order valence-corrected chi connectivity index (χ4v) is 3.58. The van der Waals surface area contributed by atoms with E-state index in [-0.39, 0.29) is 11.9 Å². The molecule has 0 bridgehead atoms. The van der Waals surface area contributed by atoms with Gasteiger partial charge in [-0.2, -0.15) is 0 Å². The lowest BCUT2D eigenvalue weighted by atomic mass is 9.94. The monoisotopic (exact) mass is 442 g/mol. The normalized spacial score (nSPS) is 11.7. The van der Waals surface area contributed by atoms with E-state index in [1.165, 1.54) is 17.2 Å². The van der Waals surface area contributed by atoms with Gasteiger partial charge in [0.05, 0.1) is 11.7 Å². The SMILES string of the molecule is Cc1ccc(C(NC(=S)Nc2ccc(Br)cc2F)c2ccccc2)c(C)c1. The first-order valence-electron chi connectivity index (χ1n) is 8.58. The van der Waals surface area contributed by atoms with Crippen LogP contribution in [0.25, 0.3) is 0 Å². The van der Waals surface area contributed by atoms with Gasteiger partial charge in [0.1, 0.15) is 5.82 Å². The average molecular weight is 443 g/mol. The highest BCUT2D eigenvalue weighted by molar-refractivity contribution is 9.10. The summed E-state index contributed by atoms with van der Waals surface area (Å²) < 4.78 is 14.8. The van der Waals surface area contributed by atoms with Gasteiger partial charge in [0, 0.05) is 4.47 Å². The molecule has 0 saturated carbocycles. The Labute approximate surface area is 172 Å². The summed E-state index contributed by atoms with van der Waals surface area (Å²) in [6.07, 6.45) is 0. The van der Waals surface area contributed by atoms with Crippen LogP contribution in [0.4, 0.5) is 10.1 Å². The Kier molecular flexibility index (Phi) is 6.24. The largest absolute Gasteiger partial charge is 0.352 e. The van der Waals surface area contributed by atoms with Crippen LogP contribution < -0.4 is 10.6 Å².